The summed E-state index contributed by atoms with van der Waals surface area (Å²) in [5.41, 5.74) is 1.15. The van der Waals surface area contributed by atoms with E-state index in [1.807, 2.05) is 12.1 Å². The number of sulfone groups is 1. The Hall–Kier alpha value is -0.540. The molecule has 0 fully saturated rings. The van der Waals surface area contributed by atoms with Crippen molar-refractivity contribution < 1.29 is 8.42 Å². The molecule has 4 heteroatoms. The van der Waals surface area contributed by atoms with Gasteiger partial charge in [0.05, 0.1) is 10.6 Å². The zero-order valence-electron chi connectivity index (χ0n) is 9.61. The summed E-state index contributed by atoms with van der Waals surface area (Å²) >= 11 is 5.50. The lowest BCUT2D eigenvalue weighted by Gasteiger charge is -2.07. The van der Waals surface area contributed by atoms with Crippen LogP contribution in [-0.4, -0.2) is 20.1 Å². The molecule has 0 radical (unpaired) electrons. The third kappa shape index (κ3) is 3.49. The molecule has 0 saturated heterocycles. The van der Waals surface area contributed by atoms with Crippen LogP contribution < -0.4 is 0 Å². The van der Waals surface area contributed by atoms with Crippen molar-refractivity contribution in [2.45, 2.75) is 31.1 Å². The molecule has 0 aromatic heterocycles. The standard InChI is InChI=1S/C12H17ClO2S/c1-10(2)11-4-6-12(7-5-11)16(14,15)9-3-8-13/h4-7,10H,3,8-9H2,1-2H3. The van der Waals surface area contributed by atoms with E-state index in [1.54, 1.807) is 12.1 Å². The number of halogens is 1. The van der Waals surface area contributed by atoms with Gasteiger partial charge in [-0.2, -0.15) is 0 Å². The SMILES string of the molecule is CC(C)c1ccc(S(=O)(=O)CCCCl)cc1. The van der Waals surface area contributed by atoms with Crippen molar-refractivity contribution in [3.8, 4) is 0 Å². The molecule has 90 valence electrons. The predicted octanol–water partition coefficient (Wildman–Crippen LogP) is 3.21. The van der Waals surface area contributed by atoms with E-state index in [4.69, 9.17) is 11.6 Å². The predicted molar refractivity (Wildman–Crippen MR) is 67.9 cm³/mol. The second-order valence-electron chi connectivity index (χ2n) is 4.09. The van der Waals surface area contributed by atoms with Crippen LogP contribution in [0.2, 0.25) is 0 Å². The monoisotopic (exact) mass is 260 g/mol. The fraction of sp³-hybridized carbons (Fsp3) is 0.500. The van der Waals surface area contributed by atoms with Gasteiger partial charge in [-0.1, -0.05) is 26.0 Å². The topological polar surface area (TPSA) is 34.1 Å². The van der Waals surface area contributed by atoms with E-state index in [0.29, 0.717) is 23.1 Å². The van der Waals surface area contributed by atoms with E-state index in [2.05, 4.69) is 13.8 Å². The molecule has 1 aromatic carbocycles. The molecule has 0 atom stereocenters. The summed E-state index contributed by atoms with van der Waals surface area (Å²) < 4.78 is 23.6. The van der Waals surface area contributed by atoms with Gasteiger partial charge in [0, 0.05) is 5.88 Å². The normalized spacial score (nSPS) is 12.0. The zero-order chi connectivity index (χ0) is 12.2. The minimum atomic E-state index is -3.15. The van der Waals surface area contributed by atoms with Gasteiger partial charge in [0.15, 0.2) is 9.84 Å². The molecule has 0 saturated carbocycles. The van der Waals surface area contributed by atoms with E-state index in [9.17, 15) is 8.42 Å². The largest absolute Gasteiger partial charge is 0.224 e. The van der Waals surface area contributed by atoms with Crippen molar-refractivity contribution in [3.05, 3.63) is 29.8 Å². The van der Waals surface area contributed by atoms with Gasteiger partial charge >= 0.3 is 0 Å². The van der Waals surface area contributed by atoms with E-state index in [1.165, 1.54) is 0 Å². The lowest BCUT2D eigenvalue weighted by Crippen LogP contribution is -2.07. The van der Waals surface area contributed by atoms with Gasteiger partial charge in [-0.05, 0) is 30.0 Å². The van der Waals surface area contributed by atoms with Crippen LogP contribution in [0, 0.1) is 0 Å². The van der Waals surface area contributed by atoms with E-state index in [-0.39, 0.29) is 5.75 Å². The van der Waals surface area contributed by atoms with Gasteiger partial charge in [0.2, 0.25) is 0 Å². The van der Waals surface area contributed by atoms with Gasteiger partial charge in [0.25, 0.3) is 0 Å². The Morgan fingerprint density at radius 2 is 1.75 bits per heavy atom. The molecule has 0 unspecified atom stereocenters. The Morgan fingerprint density at radius 1 is 1.19 bits per heavy atom. The maximum atomic E-state index is 11.8. The summed E-state index contributed by atoms with van der Waals surface area (Å²) in [6, 6.07) is 7.11. The van der Waals surface area contributed by atoms with Crippen LogP contribution in [0.3, 0.4) is 0 Å². The molecule has 0 N–H and O–H groups in total. The Bertz CT molecular complexity index is 421. The van der Waals surface area contributed by atoms with Crippen LogP contribution in [0.15, 0.2) is 29.2 Å². The summed E-state index contributed by atoms with van der Waals surface area (Å²) in [7, 11) is -3.15. The second-order valence-corrected chi connectivity index (χ2v) is 6.57. The van der Waals surface area contributed by atoms with Gasteiger partial charge in [-0.25, -0.2) is 8.42 Å². The lowest BCUT2D eigenvalue weighted by atomic mass is 10.0. The van der Waals surface area contributed by atoms with Crippen molar-refractivity contribution in [2.24, 2.45) is 0 Å². The lowest BCUT2D eigenvalue weighted by molar-refractivity contribution is 0.594. The van der Waals surface area contributed by atoms with Crippen LogP contribution in [0.4, 0.5) is 0 Å². The second kappa shape index (κ2) is 5.69. The van der Waals surface area contributed by atoms with Gasteiger partial charge < -0.3 is 0 Å². The maximum absolute atomic E-state index is 11.8. The summed E-state index contributed by atoms with van der Waals surface area (Å²) in [5, 5.41) is 0. The van der Waals surface area contributed by atoms with Crippen LogP contribution in [0.1, 0.15) is 31.7 Å². The van der Waals surface area contributed by atoms with Crippen LogP contribution in [0.25, 0.3) is 0 Å². The van der Waals surface area contributed by atoms with E-state index in [0.717, 1.165) is 5.56 Å². The van der Waals surface area contributed by atoms with Crippen molar-refractivity contribution in [3.63, 3.8) is 0 Å². The highest BCUT2D eigenvalue weighted by Gasteiger charge is 2.13. The first kappa shape index (κ1) is 13.5. The Morgan fingerprint density at radius 3 is 2.19 bits per heavy atom. The summed E-state index contributed by atoms with van der Waals surface area (Å²) in [6.07, 6.45) is 0.496. The average Bonchev–Trinajstić information content (AvgIpc) is 2.26. The number of rotatable bonds is 5. The summed E-state index contributed by atoms with van der Waals surface area (Å²) in [4.78, 5) is 0.391. The van der Waals surface area contributed by atoms with Gasteiger partial charge in [-0.3, -0.25) is 0 Å². The molecular formula is C12H17ClO2S. The number of hydrogen-bond donors (Lipinski definition) is 0. The number of alkyl halides is 1. The molecule has 0 spiro atoms. The van der Waals surface area contributed by atoms with Crippen molar-refractivity contribution >= 4 is 21.4 Å². The summed E-state index contributed by atoms with van der Waals surface area (Å²) in [6.45, 7) is 4.16. The molecule has 0 aliphatic carbocycles. The smallest absolute Gasteiger partial charge is 0.178 e. The Balaban J connectivity index is 2.89. The van der Waals surface area contributed by atoms with Crippen LogP contribution in [0.5, 0.6) is 0 Å². The van der Waals surface area contributed by atoms with Crippen molar-refractivity contribution in [1.29, 1.82) is 0 Å². The Kier molecular flexibility index (Phi) is 4.81. The molecule has 0 bridgehead atoms. The fourth-order valence-electron chi connectivity index (χ4n) is 1.42. The molecule has 0 amide bonds. The molecule has 0 aliphatic rings. The first-order valence-electron chi connectivity index (χ1n) is 5.36. The molecule has 0 aliphatic heterocycles. The highest BCUT2D eigenvalue weighted by molar-refractivity contribution is 7.91. The average molecular weight is 261 g/mol. The molecule has 1 aromatic rings. The highest BCUT2D eigenvalue weighted by Crippen LogP contribution is 2.18. The molecule has 2 nitrogen and oxygen atoms in total. The minimum Gasteiger partial charge on any atom is -0.224 e. The fourth-order valence-corrected chi connectivity index (χ4v) is 3.03. The highest BCUT2D eigenvalue weighted by atomic mass is 35.5. The third-order valence-electron chi connectivity index (χ3n) is 2.45. The van der Waals surface area contributed by atoms with Crippen molar-refractivity contribution in [1.82, 2.24) is 0 Å². The minimum absolute atomic E-state index is 0.123. The third-order valence-corrected chi connectivity index (χ3v) is 4.54. The number of hydrogen-bond acceptors (Lipinski definition) is 2. The first-order valence-corrected chi connectivity index (χ1v) is 7.54. The zero-order valence-corrected chi connectivity index (χ0v) is 11.2. The molecule has 0 heterocycles. The summed E-state index contributed by atoms with van der Waals surface area (Å²) in [5.74, 6) is 0.917. The maximum Gasteiger partial charge on any atom is 0.178 e. The van der Waals surface area contributed by atoms with Gasteiger partial charge in [-0.15, -0.1) is 11.6 Å². The Labute approximate surface area is 103 Å². The van der Waals surface area contributed by atoms with E-state index < -0.39 is 9.84 Å². The number of benzene rings is 1. The van der Waals surface area contributed by atoms with Crippen molar-refractivity contribution in [2.75, 3.05) is 11.6 Å². The quantitative estimate of drug-likeness (QED) is 0.762. The van der Waals surface area contributed by atoms with Crippen LogP contribution in [-0.2, 0) is 9.84 Å². The van der Waals surface area contributed by atoms with Crippen LogP contribution >= 0.6 is 11.6 Å². The molecule has 1 rings (SSSR count). The first-order chi connectivity index (χ1) is 7.47. The van der Waals surface area contributed by atoms with Gasteiger partial charge in [0.1, 0.15) is 0 Å². The molecular weight excluding hydrogens is 244 g/mol. The van der Waals surface area contributed by atoms with E-state index >= 15 is 0 Å². The molecule has 16 heavy (non-hydrogen) atoms.